The summed E-state index contributed by atoms with van der Waals surface area (Å²) in [7, 11) is -2.90. The van der Waals surface area contributed by atoms with Gasteiger partial charge in [0.2, 0.25) is 0 Å². The summed E-state index contributed by atoms with van der Waals surface area (Å²) in [5.41, 5.74) is 4.46. The summed E-state index contributed by atoms with van der Waals surface area (Å²) in [6.45, 7) is 6.81. The Morgan fingerprint density at radius 1 is 1.24 bits per heavy atom. The number of piperidine rings is 1. The van der Waals surface area contributed by atoms with E-state index in [0.717, 1.165) is 49.6 Å². The minimum absolute atomic E-state index is 0.253. The maximum Gasteiger partial charge on any atom is 0.147 e. The van der Waals surface area contributed by atoms with Crippen LogP contribution in [0.25, 0.3) is 5.69 Å². The Hall–Kier alpha value is -1.66. The summed E-state index contributed by atoms with van der Waals surface area (Å²) in [5, 5.41) is 4.56. The van der Waals surface area contributed by atoms with E-state index in [9.17, 15) is 8.42 Å². The molecule has 1 atom stereocenters. The minimum Gasteiger partial charge on any atom is -0.299 e. The molecule has 0 N–H and O–H groups in total. The van der Waals surface area contributed by atoms with Crippen LogP contribution in [0, 0.1) is 19.8 Å². The highest BCUT2D eigenvalue weighted by molar-refractivity contribution is 7.90. The molecule has 1 aliphatic heterocycles. The lowest BCUT2D eigenvalue weighted by Crippen LogP contribution is -2.37. The van der Waals surface area contributed by atoms with Crippen LogP contribution in [0.3, 0.4) is 0 Å². The van der Waals surface area contributed by atoms with Crippen LogP contribution in [0.4, 0.5) is 0 Å². The second-order valence-corrected chi connectivity index (χ2v) is 9.53. The smallest absolute Gasteiger partial charge is 0.147 e. The Balaban J connectivity index is 1.71. The summed E-state index contributed by atoms with van der Waals surface area (Å²) in [4.78, 5) is 2.37. The molecule has 3 rings (SSSR count). The van der Waals surface area contributed by atoms with Crippen molar-refractivity contribution in [2.24, 2.45) is 5.92 Å². The molecule has 2 heterocycles. The van der Waals surface area contributed by atoms with Crippen LogP contribution in [0.1, 0.15) is 29.8 Å². The minimum atomic E-state index is -2.90. The van der Waals surface area contributed by atoms with Crippen LogP contribution in [0.5, 0.6) is 0 Å². The zero-order valence-corrected chi connectivity index (χ0v) is 16.1. The number of hydrogen-bond donors (Lipinski definition) is 0. The highest BCUT2D eigenvalue weighted by Crippen LogP contribution is 2.21. The van der Waals surface area contributed by atoms with E-state index in [0.29, 0.717) is 5.75 Å². The van der Waals surface area contributed by atoms with Gasteiger partial charge in [0, 0.05) is 25.0 Å². The summed E-state index contributed by atoms with van der Waals surface area (Å²) in [6, 6.07) is 10.5. The lowest BCUT2D eigenvalue weighted by atomic mass is 9.99. The maximum atomic E-state index is 11.6. The largest absolute Gasteiger partial charge is 0.299 e. The van der Waals surface area contributed by atoms with E-state index in [4.69, 9.17) is 0 Å². The molecule has 0 spiro atoms. The van der Waals surface area contributed by atoms with Gasteiger partial charge in [0.05, 0.1) is 17.1 Å². The first-order chi connectivity index (χ1) is 11.8. The van der Waals surface area contributed by atoms with Gasteiger partial charge in [-0.1, -0.05) is 12.1 Å². The third-order valence-corrected chi connectivity index (χ3v) is 5.79. The molecule has 0 aliphatic carbocycles. The number of rotatable bonds is 5. The van der Waals surface area contributed by atoms with Crippen LogP contribution < -0.4 is 0 Å². The number of aryl methyl sites for hydroxylation is 2. The average molecular weight is 362 g/mol. The lowest BCUT2D eigenvalue weighted by Gasteiger charge is -2.32. The molecule has 0 bridgehead atoms. The highest BCUT2D eigenvalue weighted by atomic mass is 32.2. The molecule has 0 radical (unpaired) electrons. The Bertz CT molecular complexity index is 842. The summed E-state index contributed by atoms with van der Waals surface area (Å²) in [6.07, 6.45) is 3.41. The van der Waals surface area contributed by atoms with Crippen molar-refractivity contribution in [3.8, 4) is 5.69 Å². The predicted octanol–water partition coefficient (Wildman–Crippen LogP) is 2.75. The number of aromatic nitrogens is 2. The predicted molar refractivity (Wildman–Crippen MR) is 101 cm³/mol. The third kappa shape index (κ3) is 4.92. The van der Waals surface area contributed by atoms with Crippen LogP contribution in [-0.4, -0.2) is 48.2 Å². The van der Waals surface area contributed by atoms with Crippen molar-refractivity contribution in [3.63, 3.8) is 0 Å². The summed E-state index contributed by atoms with van der Waals surface area (Å²) in [5.74, 6) is 0.554. The average Bonchev–Trinajstić information content (AvgIpc) is 2.85. The normalized spacial score (nSPS) is 19.2. The van der Waals surface area contributed by atoms with Crippen molar-refractivity contribution in [1.82, 2.24) is 14.7 Å². The van der Waals surface area contributed by atoms with E-state index in [1.807, 2.05) is 11.6 Å². The van der Waals surface area contributed by atoms with Gasteiger partial charge in [-0.2, -0.15) is 5.10 Å². The fourth-order valence-corrected chi connectivity index (χ4v) is 4.92. The van der Waals surface area contributed by atoms with Gasteiger partial charge in [-0.15, -0.1) is 0 Å². The second kappa shape index (κ2) is 7.30. The van der Waals surface area contributed by atoms with Gasteiger partial charge >= 0.3 is 0 Å². The molecule has 1 aliphatic rings. The first-order valence-corrected chi connectivity index (χ1v) is 10.9. The number of sulfone groups is 1. The third-order valence-electron chi connectivity index (χ3n) is 4.71. The molecule has 1 unspecified atom stereocenters. The number of benzene rings is 1. The highest BCUT2D eigenvalue weighted by Gasteiger charge is 2.23. The maximum absolute atomic E-state index is 11.6. The number of nitrogens with zero attached hydrogens (tertiary/aromatic N) is 3. The molecule has 5 nitrogen and oxygen atoms in total. The van der Waals surface area contributed by atoms with Crippen LogP contribution in [-0.2, 0) is 16.4 Å². The van der Waals surface area contributed by atoms with Crippen LogP contribution in [0.2, 0.25) is 0 Å². The molecule has 136 valence electrons. The van der Waals surface area contributed by atoms with Gasteiger partial charge in [-0.3, -0.25) is 4.90 Å². The van der Waals surface area contributed by atoms with E-state index in [2.05, 4.69) is 47.3 Å². The first kappa shape index (κ1) is 18.1. The fourth-order valence-electron chi connectivity index (χ4n) is 3.79. The van der Waals surface area contributed by atoms with E-state index >= 15 is 0 Å². The fraction of sp³-hybridized carbons (Fsp3) is 0.526. The number of likely N-dealkylation sites (tertiary alicyclic amines) is 1. The van der Waals surface area contributed by atoms with Crippen LogP contribution in [0.15, 0.2) is 30.3 Å². The Morgan fingerprint density at radius 3 is 2.72 bits per heavy atom. The topological polar surface area (TPSA) is 55.2 Å². The Morgan fingerprint density at radius 2 is 2.04 bits per heavy atom. The molecule has 1 fully saturated rings. The second-order valence-electron chi connectivity index (χ2n) is 7.34. The van der Waals surface area contributed by atoms with Gasteiger partial charge in [-0.25, -0.2) is 13.1 Å². The molecule has 0 amide bonds. The van der Waals surface area contributed by atoms with Gasteiger partial charge in [0.15, 0.2) is 0 Å². The summed E-state index contributed by atoms with van der Waals surface area (Å²) >= 11 is 0. The van der Waals surface area contributed by atoms with E-state index in [1.165, 1.54) is 11.8 Å². The quantitative estimate of drug-likeness (QED) is 0.822. The molecule has 25 heavy (non-hydrogen) atoms. The van der Waals surface area contributed by atoms with E-state index in [1.54, 1.807) is 0 Å². The van der Waals surface area contributed by atoms with Crippen molar-refractivity contribution in [2.45, 2.75) is 33.2 Å². The van der Waals surface area contributed by atoms with Gasteiger partial charge in [0.1, 0.15) is 9.84 Å². The standard InChI is InChI=1S/C19H27N3O2S/c1-15-10-16(2)22(20-15)19-8-4-6-17(11-19)12-21-9-5-7-18(13-21)14-25(3,23)24/h4,6,8,10-11,18H,5,7,9,12-14H2,1-3H3. The molecule has 2 aromatic rings. The first-order valence-electron chi connectivity index (χ1n) is 8.83. The summed E-state index contributed by atoms with van der Waals surface area (Å²) < 4.78 is 25.1. The lowest BCUT2D eigenvalue weighted by molar-refractivity contribution is 0.178. The van der Waals surface area contributed by atoms with Crippen molar-refractivity contribution in [1.29, 1.82) is 0 Å². The zero-order valence-electron chi connectivity index (χ0n) is 15.3. The monoisotopic (exact) mass is 361 g/mol. The Labute approximate surface area is 150 Å². The van der Waals surface area contributed by atoms with Crippen molar-refractivity contribution in [2.75, 3.05) is 25.1 Å². The number of hydrogen-bond acceptors (Lipinski definition) is 4. The van der Waals surface area contributed by atoms with Gasteiger partial charge in [-0.05, 0) is 62.9 Å². The molecule has 1 aromatic heterocycles. The molecular weight excluding hydrogens is 334 g/mol. The molecular formula is C19H27N3O2S. The van der Waals surface area contributed by atoms with Crippen LogP contribution >= 0.6 is 0 Å². The van der Waals surface area contributed by atoms with Gasteiger partial charge in [0.25, 0.3) is 0 Å². The molecule has 6 heteroatoms. The molecule has 1 aromatic carbocycles. The van der Waals surface area contributed by atoms with Crippen molar-refractivity contribution in [3.05, 3.63) is 47.3 Å². The SMILES string of the molecule is Cc1cc(C)n(-c2cccc(CN3CCCC(CS(C)(=O)=O)C3)c2)n1. The zero-order chi connectivity index (χ0) is 18.0. The van der Waals surface area contributed by atoms with E-state index in [-0.39, 0.29) is 5.92 Å². The van der Waals surface area contributed by atoms with Gasteiger partial charge < -0.3 is 0 Å². The Kier molecular flexibility index (Phi) is 5.29. The van der Waals surface area contributed by atoms with E-state index < -0.39 is 9.84 Å². The van der Waals surface area contributed by atoms with Crippen molar-refractivity contribution >= 4 is 9.84 Å². The van der Waals surface area contributed by atoms with Crippen molar-refractivity contribution < 1.29 is 8.42 Å². The molecule has 1 saturated heterocycles. The molecule has 0 saturated carbocycles.